The molecule has 12 heavy (non-hydrogen) atoms. The van der Waals surface area contributed by atoms with E-state index in [0.29, 0.717) is 6.42 Å². The van der Waals surface area contributed by atoms with Gasteiger partial charge in [-0.05, 0) is 25.7 Å². The molecule has 1 aliphatic carbocycles. The lowest BCUT2D eigenvalue weighted by Crippen LogP contribution is -2.16. The van der Waals surface area contributed by atoms with Crippen LogP contribution in [0, 0.1) is 5.92 Å². The first kappa shape index (κ1) is 9.52. The smallest absolute Gasteiger partial charge is 0.308 e. The lowest BCUT2D eigenvalue weighted by Gasteiger charge is -2.10. The molecule has 1 saturated carbocycles. The molecule has 3 nitrogen and oxygen atoms in total. The molecule has 0 saturated heterocycles. The van der Waals surface area contributed by atoms with Crippen LogP contribution in [0.5, 0.6) is 0 Å². The van der Waals surface area contributed by atoms with Gasteiger partial charge in [-0.2, -0.15) is 0 Å². The molecule has 0 aromatic carbocycles. The number of carbonyl (C=O) groups is 1. The van der Waals surface area contributed by atoms with Crippen molar-refractivity contribution in [3.8, 4) is 0 Å². The molecule has 0 amide bonds. The standard InChI is InChI=1S/C9H16O3/c1-7(5-9(10)11-2)12-6-8-3-4-8/h7-8H,3-6H2,1-2H3. The Morgan fingerprint density at radius 2 is 2.25 bits per heavy atom. The predicted octanol–water partition coefficient (Wildman–Crippen LogP) is 1.36. The lowest BCUT2D eigenvalue weighted by atomic mass is 10.3. The third-order valence-corrected chi connectivity index (χ3v) is 2.00. The Morgan fingerprint density at radius 1 is 1.58 bits per heavy atom. The van der Waals surface area contributed by atoms with Crippen molar-refractivity contribution in [3.05, 3.63) is 0 Å². The van der Waals surface area contributed by atoms with Crippen LogP contribution < -0.4 is 0 Å². The van der Waals surface area contributed by atoms with E-state index in [9.17, 15) is 4.79 Å². The van der Waals surface area contributed by atoms with Gasteiger partial charge in [0.2, 0.25) is 0 Å². The first-order valence-corrected chi connectivity index (χ1v) is 4.40. The Balaban J connectivity index is 2.01. The van der Waals surface area contributed by atoms with E-state index in [-0.39, 0.29) is 12.1 Å². The van der Waals surface area contributed by atoms with Gasteiger partial charge in [0.15, 0.2) is 0 Å². The van der Waals surface area contributed by atoms with E-state index in [0.717, 1.165) is 12.5 Å². The van der Waals surface area contributed by atoms with Crippen molar-refractivity contribution >= 4 is 5.97 Å². The summed E-state index contributed by atoms with van der Waals surface area (Å²) in [6, 6.07) is 0. The maximum atomic E-state index is 10.8. The van der Waals surface area contributed by atoms with Gasteiger partial charge in [-0.15, -0.1) is 0 Å². The third kappa shape index (κ3) is 3.72. The van der Waals surface area contributed by atoms with Crippen LogP contribution in [0.1, 0.15) is 26.2 Å². The van der Waals surface area contributed by atoms with Crippen molar-refractivity contribution in [2.75, 3.05) is 13.7 Å². The second-order valence-electron chi connectivity index (χ2n) is 3.37. The summed E-state index contributed by atoms with van der Waals surface area (Å²) < 4.78 is 9.96. The molecule has 70 valence electrons. The van der Waals surface area contributed by atoms with Crippen LogP contribution in [0.2, 0.25) is 0 Å². The number of ether oxygens (including phenoxy) is 2. The molecule has 1 rings (SSSR count). The van der Waals surface area contributed by atoms with Gasteiger partial charge >= 0.3 is 5.97 Å². The molecule has 0 radical (unpaired) electrons. The summed E-state index contributed by atoms with van der Waals surface area (Å²) in [6.45, 7) is 2.71. The van der Waals surface area contributed by atoms with Gasteiger partial charge in [0.1, 0.15) is 0 Å². The number of hydrogen-bond acceptors (Lipinski definition) is 3. The van der Waals surface area contributed by atoms with E-state index in [4.69, 9.17) is 4.74 Å². The third-order valence-electron chi connectivity index (χ3n) is 2.00. The molecule has 0 aromatic heterocycles. The van der Waals surface area contributed by atoms with Crippen molar-refractivity contribution in [3.63, 3.8) is 0 Å². The number of hydrogen-bond donors (Lipinski definition) is 0. The molecule has 1 unspecified atom stereocenters. The molecule has 0 bridgehead atoms. The average molecular weight is 172 g/mol. The van der Waals surface area contributed by atoms with E-state index in [1.54, 1.807) is 0 Å². The molecule has 1 atom stereocenters. The monoisotopic (exact) mass is 172 g/mol. The highest BCUT2D eigenvalue weighted by atomic mass is 16.5. The van der Waals surface area contributed by atoms with Gasteiger partial charge in [-0.1, -0.05) is 0 Å². The SMILES string of the molecule is COC(=O)CC(C)OCC1CC1. The van der Waals surface area contributed by atoms with E-state index < -0.39 is 0 Å². The molecule has 3 heteroatoms. The van der Waals surface area contributed by atoms with Crippen LogP contribution in [-0.4, -0.2) is 25.8 Å². The fourth-order valence-electron chi connectivity index (χ4n) is 0.962. The minimum Gasteiger partial charge on any atom is -0.469 e. The summed E-state index contributed by atoms with van der Waals surface area (Å²) in [6.07, 6.45) is 2.93. The quantitative estimate of drug-likeness (QED) is 0.587. The fraction of sp³-hybridized carbons (Fsp3) is 0.889. The van der Waals surface area contributed by atoms with Gasteiger partial charge in [-0.25, -0.2) is 0 Å². The topological polar surface area (TPSA) is 35.5 Å². The maximum absolute atomic E-state index is 10.8. The summed E-state index contributed by atoms with van der Waals surface area (Å²) in [4.78, 5) is 10.8. The first-order chi connectivity index (χ1) is 5.72. The summed E-state index contributed by atoms with van der Waals surface area (Å²) in [5.41, 5.74) is 0. The Labute approximate surface area is 73.0 Å². The summed E-state index contributed by atoms with van der Waals surface area (Å²) >= 11 is 0. The summed E-state index contributed by atoms with van der Waals surface area (Å²) in [5, 5.41) is 0. The Bertz CT molecular complexity index is 152. The van der Waals surface area contributed by atoms with Crippen LogP contribution in [0.4, 0.5) is 0 Å². The van der Waals surface area contributed by atoms with Crippen LogP contribution in [0.25, 0.3) is 0 Å². The molecule has 0 N–H and O–H groups in total. The number of carbonyl (C=O) groups excluding carboxylic acids is 1. The summed E-state index contributed by atoms with van der Waals surface area (Å²) in [5.74, 6) is 0.559. The largest absolute Gasteiger partial charge is 0.469 e. The Morgan fingerprint density at radius 3 is 2.75 bits per heavy atom. The van der Waals surface area contributed by atoms with Gasteiger partial charge in [0.25, 0.3) is 0 Å². The molecule has 0 aliphatic heterocycles. The highest BCUT2D eigenvalue weighted by Gasteiger charge is 2.22. The molecule has 0 aromatic rings. The van der Waals surface area contributed by atoms with Gasteiger partial charge in [0.05, 0.1) is 19.6 Å². The van der Waals surface area contributed by atoms with Crippen LogP contribution in [0.15, 0.2) is 0 Å². The average Bonchev–Trinajstić information content (AvgIpc) is 2.83. The highest BCUT2D eigenvalue weighted by molar-refractivity contribution is 5.69. The van der Waals surface area contributed by atoms with Crippen molar-refractivity contribution in [2.24, 2.45) is 5.92 Å². The highest BCUT2D eigenvalue weighted by Crippen LogP contribution is 2.29. The predicted molar refractivity (Wildman–Crippen MR) is 44.8 cm³/mol. The van der Waals surface area contributed by atoms with E-state index >= 15 is 0 Å². The van der Waals surface area contributed by atoms with E-state index in [1.807, 2.05) is 6.92 Å². The second-order valence-corrected chi connectivity index (χ2v) is 3.37. The summed E-state index contributed by atoms with van der Waals surface area (Å²) in [7, 11) is 1.40. The molecule has 1 fully saturated rings. The first-order valence-electron chi connectivity index (χ1n) is 4.40. The molecular weight excluding hydrogens is 156 g/mol. The number of rotatable bonds is 5. The zero-order chi connectivity index (χ0) is 8.97. The van der Waals surface area contributed by atoms with Crippen LogP contribution >= 0.6 is 0 Å². The van der Waals surface area contributed by atoms with Crippen molar-refractivity contribution < 1.29 is 14.3 Å². The van der Waals surface area contributed by atoms with Crippen molar-refractivity contribution in [1.82, 2.24) is 0 Å². The maximum Gasteiger partial charge on any atom is 0.308 e. The van der Waals surface area contributed by atoms with Crippen molar-refractivity contribution in [1.29, 1.82) is 0 Å². The fourth-order valence-corrected chi connectivity index (χ4v) is 0.962. The zero-order valence-electron chi connectivity index (χ0n) is 7.71. The Hall–Kier alpha value is -0.570. The number of methoxy groups -OCH3 is 1. The molecule has 0 spiro atoms. The number of esters is 1. The van der Waals surface area contributed by atoms with Gasteiger partial charge in [0, 0.05) is 6.61 Å². The van der Waals surface area contributed by atoms with Gasteiger partial charge in [-0.3, -0.25) is 4.79 Å². The van der Waals surface area contributed by atoms with E-state index in [1.165, 1.54) is 20.0 Å². The van der Waals surface area contributed by atoms with Crippen molar-refractivity contribution in [2.45, 2.75) is 32.3 Å². The lowest BCUT2D eigenvalue weighted by molar-refractivity contribution is -0.143. The minimum absolute atomic E-state index is 0.00181. The molecular formula is C9H16O3. The second kappa shape index (κ2) is 4.45. The van der Waals surface area contributed by atoms with Crippen LogP contribution in [0.3, 0.4) is 0 Å². The minimum atomic E-state index is -0.196. The van der Waals surface area contributed by atoms with Gasteiger partial charge < -0.3 is 9.47 Å². The van der Waals surface area contributed by atoms with E-state index in [2.05, 4.69) is 4.74 Å². The normalized spacial score (nSPS) is 18.8. The Kier molecular flexibility index (Phi) is 3.53. The molecule has 0 heterocycles. The zero-order valence-corrected chi connectivity index (χ0v) is 7.71. The molecule has 1 aliphatic rings. The van der Waals surface area contributed by atoms with Crippen LogP contribution in [-0.2, 0) is 14.3 Å².